The van der Waals surface area contributed by atoms with Gasteiger partial charge in [0.1, 0.15) is 23.1 Å². The SMILES string of the molecule is COc1ccc(CN)c(Oc2cc(F)c(Cl)cc2Br)c1. The maximum Gasteiger partial charge on any atom is 0.145 e. The molecule has 0 atom stereocenters. The van der Waals surface area contributed by atoms with Crippen LogP contribution >= 0.6 is 27.5 Å². The third kappa shape index (κ3) is 3.23. The van der Waals surface area contributed by atoms with Gasteiger partial charge in [0, 0.05) is 24.2 Å². The van der Waals surface area contributed by atoms with Crippen LogP contribution < -0.4 is 15.2 Å². The lowest BCUT2D eigenvalue weighted by atomic mass is 10.2. The van der Waals surface area contributed by atoms with E-state index in [1.807, 2.05) is 0 Å². The van der Waals surface area contributed by atoms with Crippen molar-refractivity contribution in [2.24, 2.45) is 5.73 Å². The van der Waals surface area contributed by atoms with E-state index in [0.29, 0.717) is 28.3 Å². The summed E-state index contributed by atoms with van der Waals surface area (Å²) in [6, 6.07) is 7.93. The maximum atomic E-state index is 13.5. The van der Waals surface area contributed by atoms with Crippen molar-refractivity contribution in [2.75, 3.05) is 7.11 Å². The lowest BCUT2D eigenvalue weighted by Crippen LogP contribution is -2.00. The van der Waals surface area contributed by atoms with Gasteiger partial charge in [0.05, 0.1) is 16.6 Å². The van der Waals surface area contributed by atoms with Gasteiger partial charge in [-0.2, -0.15) is 0 Å². The lowest BCUT2D eigenvalue weighted by molar-refractivity contribution is 0.407. The van der Waals surface area contributed by atoms with Crippen LogP contribution in [0.15, 0.2) is 34.8 Å². The molecule has 0 radical (unpaired) electrons. The Balaban J connectivity index is 2.41. The molecular weight excluding hydrogens is 349 g/mol. The first-order chi connectivity index (χ1) is 9.55. The minimum Gasteiger partial charge on any atom is -0.497 e. The number of hydrogen-bond acceptors (Lipinski definition) is 3. The normalized spacial score (nSPS) is 10.4. The molecule has 0 spiro atoms. The van der Waals surface area contributed by atoms with E-state index < -0.39 is 5.82 Å². The molecule has 0 unspecified atom stereocenters. The molecule has 2 aromatic carbocycles. The zero-order chi connectivity index (χ0) is 14.7. The van der Waals surface area contributed by atoms with Crippen molar-refractivity contribution in [3.63, 3.8) is 0 Å². The zero-order valence-corrected chi connectivity index (χ0v) is 13.0. The Bertz CT molecular complexity index is 637. The van der Waals surface area contributed by atoms with Gasteiger partial charge in [0.25, 0.3) is 0 Å². The van der Waals surface area contributed by atoms with Gasteiger partial charge in [-0.05, 0) is 28.1 Å². The molecule has 0 aromatic heterocycles. The van der Waals surface area contributed by atoms with Crippen LogP contribution in [0.5, 0.6) is 17.2 Å². The Morgan fingerprint density at radius 1 is 1.25 bits per heavy atom. The summed E-state index contributed by atoms with van der Waals surface area (Å²) < 4.78 is 24.9. The van der Waals surface area contributed by atoms with E-state index in [1.54, 1.807) is 25.3 Å². The second kappa shape index (κ2) is 6.43. The van der Waals surface area contributed by atoms with Crippen molar-refractivity contribution in [3.05, 3.63) is 51.2 Å². The molecule has 0 amide bonds. The maximum absolute atomic E-state index is 13.5. The molecule has 2 rings (SSSR count). The van der Waals surface area contributed by atoms with Crippen molar-refractivity contribution < 1.29 is 13.9 Å². The number of methoxy groups -OCH3 is 1. The predicted octanol–water partition coefficient (Wildman–Crippen LogP) is 4.50. The molecule has 0 aliphatic rings. The fourth-order valence-electron chi connectivity index (χ4n) is 1.63. The Morgan fingerprint density at radius 2 is 2.00 bits per heavy atom. The highest BCUT2D eigenvalue weighted by Gasteiger charge is 2.11. The van der Waals surface area contributed by atoms with Crippen LogP contribution in [0.2, 0.25) is 5.02 Å². The summed E-state index contributed by atoms with van der Waals surface area (Å²) in [6.07, 6.45) is 0. The lowest BCUT2D eigenvalue weighted by Gasteiger charge is -2.13. The van der Waals surface area contributed by atoms with E-state index in [2.05, 4.69) is 15.9 Å². The minimum absolute atomic E-state index is 0.0221. The topological polar surface area (TPSA) is 44.5 Å². The molecule has 6 heteroatoms. The average molecular weight is 361 g/mol. The van der Waals surface area contributed by atoms with E-state index in [-0.39, 0.29) is 5.02 Å². The monoisotopic (exact) mass is 359 g/mol. The second-order valence-electron chi connectivity index (χ2n) is 3.98. The number of benzene rings is 2. The molecule has 0 saturated heterocycles. The highest BCUT2D eigenvalue weighted by molar-refractivity contribution is 9.10. The van der Waals surface area contributed by atoms with Gasteiger partial charge in [0.15, 0.2) is 0 Å². The summed E-state index contributed by atoms with van der Waals surface area (Å²) in [5, 5.41) is 0.0221. The summed E-state index contributed by atoms with van der Waals surface area (Å²) in [6.45, 7) is 0.299. The standard InChI is InChI=1S/C14H12BrClFNO2/c1-19-9-3-2-8(7-18)13(4-9)20-14-6-12(17)11(16)5-10(14)15/h2-6H,7,18H2,1H3. The molecule has 106 valence electrons. The largest absolute Gasteiger partial charge is 0.497 e. The van der Waals surface area contributed by atoms with Crippen molar-refractivity contribution in [1.29, 1.82) is 0 Å². The molecule has 20 heavy (non-hydrogen) atoms. The van der Waals surface area contributed by atoms with Crippen LogP contribution in [0.1, 0.15) is 5.56 Å². The summed E-state index contributed by atoms with van der Waals surface area (Å²) in [5.41, 5.74) is 6.45. The van der Waals surface area contributed by atoms with Crippen molar-refractivity contribution >= 4 is 27.5 Å². The summed E-state index contributed by atoms with van der Waals surface area (Å²) >= 11 is 8.98. The summed E-state index contributed by atoms with van der Waals surface area (Å²) in [5.74, 6) is 0.897. The van der Waals surface area contributed by atoms with Crippen LogP contribution in [0.3, 0.4) is 0 Å². The Labute approximate surface area is 129 Å². The molecular formula is C14H12BrClFNO2. The quantitative estimate of drug-likeness (QED) is 0.816. The van der Waals surface area contributed by atoms with Gasteiger partial charge < -0.3 is 15.2 Å². The van der Waals surface area contributed by atoms with Crippen LogP contribution in [-0.2, 0) is 6.54 Å². The van der Waals surface area contributed by atoms with Crippen LogP contribution in [0, 0.1) is 5.82 Å². The number of nitrogens with two attached hydrogens (primary N) is 1. The fraction of sp³-hybridized carbons (Fsp3) is 0.143. The molecule has 2 N–H and O–H groups in total. The van der Waals surface area contributed by atoms with Crippen LogP contribution in [0.25, 0.3) is 0 Å². The molecule has 0 aliphatic heterocycles. The Kier molecular flexibility index (Phi) is 4.86. The first-order valence-electron chi connectivity index (χ1n) is 5.74. The second-order valence-corrected chi connectivity index (χ2v) is 5.24. The molecule has 0 aliphatic carbocycles. The van der Waals surface area contributed by atoms with Crippen LogP contribution in [-0.4, -0.2) is 7.11 Å². The molecule has 3 nitrogen and oxygen atoms in total. The first-order valence-corrected chi connectivity index (χ1v) is 6.91. The smallest absolute Gasteiger partial charge is 0.145 e. The molecule has 0 saturated carbocycles. The van der Waals surface area contributed by atoms with Crippen molar-refractivity contribution in [2.45, 2.75) is 6.54 Å². The van der Waals surface area contributed by atoms with E-state index >= 15 is 0 Å². The third-order valence-corrected chi connectivity index (χ3v) is 3.60. The number of hydrogen-bond donors (Lipinski definition) is 1. The Morgan fingerprint density at radius 3 is 2.65 bits per heavy atom. The van der Waals surface area contributed by atoms with E-state index in [0.717, 1.165) is 5.56 Å². The van der Waals surface area contributed by atoms with Gasteiger partial charge >= 0.3 is 0 Å². The van der Waals surface area contributed by atoms with Gasteiger partial charge in [-0.15, -0.1) is 0 Å². The summed E-state index contributed by atoms with van der Waals surface area (Å²) in [4.78, 5) is 0. The summed E-state index contributed by atoms with van der Waals surface area (Å²) in [7, 11) is 1.55. The Hall–Kier alpha value is -1.30. The highest BCUT2D eigenvalue weighted by atomic mass is 79.9. The number of rotatable bonds is 4. The van der Waals surface area contributed by atoms with Crippen molar-refractivity contribution in [1.82, 2.24) is 0 Å². The van der Waals surface area contributed by atoms with E-state index in [9.17, 15) is 4.39 Å². The molecule has 2 aromatic rings. The van der Waals surface area contributed by atoms with Crippen LogP contribution in [0.4, 0.5) is 4.39 Å². The van der Waals surface area contributed by atoms with Gasteiger partial charge in [-0.1, -0.05) is 17.7 Å². The van der Waals surface area contributed by atoms with Crippen molar-refractivity contribution in [3.8, 4) is 17.2 Å². The zero-order valence-electron chi connectivity index (χ0n) is 10.6. The van der Waals surface area contributed by atoms with E-state index in [4.69, 9.17) is 26.8 Å². The van der Waals surface area contributed by atoms with Gasteiger partial charge in [-0.3, -0.25) is 0 Å². The number of halogens is 3. The predicted molar refractivity (Wildman–Crippen MR) is 80.1 cm³/mol. The average Bonchev–Trinajstić information content (AvgIpc) is 2.44. The fourth-order valence-corrected chi connectivity index (χ4v) is 2.35. The van der Waals surface area contributed by atoms with Gasteiger partial charge in [-0.25, -0.2) is 4.39 Å². The highest BCUT2D eigenvalue weighted by Crippen LogP contribution is 2.36. The molecule has 0 heterocycles. The van der Waals surface area contributed by atoms with Gasteiger partial charge in [0.2, 0.25) is 0 Å². The molecule has 0 fully saturated rings. The minimum atomic E-state index is -0.554. The third-order valence-electron chi connectivity index (χ3n) is 2.69. The molecule has 0 bridgehead atoms. The first kappa shape index (κ1) is 15.1. The van der Waals surface area contributed by atoms with E-state index in [1.165, 1.54) is 12.1 Å². The number of ether oxygens (including phenoxy) is 2.